The Morgan fingerprint density at radius 1 is 1.36 bits per heavy atom. The van der Waals surface area contributed by atoms with E-state index < -0.39 is 0 Å². The topological polar surface area (TPSA) is 17.8 Å². The van der Waals surface area contributed by atoms with E-state index in [2.05, 4.69) is 11.9 Å². The third-order valence-corrected chi connectivity index (χ3v) is 2.46. The predicted octanol–water partition coefficient (Wildman–Crippen LogP) is 1.64. The summed E-state index contributed by atoms with van der Waals surface area (Å²) in [5.74, 6) is 0. The molecule has 1 aromatic heterocycles. The molecule has 4 heteroatoms. The lowest BCUT2D eigenvalue weighted by Gasteiger charge is -2.02. The fourth-order valence-corrected chi connectivity index (χ4v) is 1.53. The van der Waals surface area contributed by atoms with E-state index in [1.54, 1.807) is 4.68 Å². The fourth-order valence-electron chi connectivity index (χ4n) is 1.31. The first kappa shape index (κ1) is 9.34. The van der Waals surface area contributed by atoms with E-state index in [1.165, 1.54) is 5.46 Å². The third kappa shape index (κ3) is 1.68. The number of para-hydroxylation sites is 1. The van der Waals surface area contributed by atoms with Gasteiger partial charge < -0.3 is 0 Å². The summed E-state index contributed by atoms with van der Waals surface area (Å²) in [5.41, 5.74) is 2.14. The molecule has 0 amide bonds. The molecule has 0 saturated heterocycles. The molecule has 0 fully saturated rings. The van der Waals surface area contributed by atoms with Crippen LogP contribution in [-0.4, -0.2) is 17.1 Å². The van der Waals surface area contributed by atoms with Gasteiger partial charge in [-0.2, -0.15) is 5.10 Å². The molecule has 0 radical (unpaired) electrons. The van der Waals surface area contributed by atoms with Crippen molar-refractivity contribution >= 4 is 24.3 Å². The van der Waals surface area contributed by atoms with Gasteiger partial charge in [-0.3, -0.25) is 0 Å². The van der Waals surface area contributed by atoms with Gasteiger partial charge in [0, 0.05) is 12.4 Å². The first-order chi connectivity index (χ1) is 6.81. The molecule has 0 bridgehead atoms. The first-order valence-corrected chi connectivity index (χ1v) is 4.97. The highest BCUT2D eigenvalue weighted by Crippen LogP contribution is 2.17. The Bertz CT molecular complexity index is 439. The van der Waals surface area contributed by atoms with E-state index in [9.17, 15) is 0 Å². The summed E-state index contributed by atoms with van der Waals surface area (Å²) < 4.78 is 1.81. The Morgan fingerprint density at radius 2 is 2.14 bits per heavy atom. The van der Waals surface area contributed by atoms with Gasteiger partial charge in [-0.25, -0.2) is 4.68 Å². The summed E-state index contributed by atoms with van der Waals surface area (Å²) in [7, 11) is 0.991. The van der Waals surface area contributed by atoms with E-state index in [4.69, 9.17) is 11.6 Å². The highest BCUT2D eigenvalue weighted by molar-refractivity contribution is 6.51. The summed E-state index contributed by atoms with van der Waals surface area (Å²) in [6, 6.07) is 7.68. The molecule has 1 aromatic carbocycles. The lowest BCUT2D eigenvalue weighted by Crippen LogP contribution is -2.06. The maximum atomic E-state index is 6.05. The van der Waals surface area contributed by atoms with Crippen LogP contribution in [0.2, 0.25) is 11.8 Å². The molecular formula is C10H10BClN2. The molecule has 2 nitrogen and oxygen atoms in total. The maximum Gasteiger partial charge on any atom is 0.158 e. The van der Waals surface area contributed by atoms with Crippen LogP contribution in [0.4, 0.5) is 0 Å². The zero-order valence-corrected chi connectivity index (χ0v) is 8.70. The van der Waals surface area contributed by atoms with Crippen LogP contribution in [0.25, 0.3) is 5.69 Å². The Hall–Kier alpha value is -1.22. The van der Waals surface area contributed by atoms with Crippen molar-refractivity contribution in [3.05, 3.63) is 41.7 Å². The molecule has 0 unspecified atom stereocenters. The average Bonchev–Trinajstić information content (AvgIpc) is 2.67. The minimum absolute atomic E-state index is 0.721. The number of rotatable bonds is 2. The van der Waals surface area contributed by atoms with Gasteiger partial charge in [-0.15, -0.1) is 0 Å². The average molecular weight is 204 g/mol. The Morgan fingerprint density at radius 3 is 2.79 bits per heavy atom. The van der Waals surface area contributed by atoms with Crippen LogP contribution in [0.5, 0.6) is 0 Å². The molecule has 70 valence electrons. The van der Waals surface area contributed by atoms with Crippen molar-refractivity contribution in [1.29, 1.82) is 0 Å². The second-order valence-corrected chi connectivity index (χ2v) is 3.51. The monoisotopic (exact) mass is 204 g/mol. The molecule has 0 saturated carbocycles. The summed E-state index contributed by atoms with van der Waals surface area (Å²) in [5, 5.41) is 4.97. The van der Waals surface area contributed by atoms with Crippen molar-refractivity contribution in [2.75, 3.05) is 0 Å². The molecule has 1 heterocycles. The molecule has 0 atom stereocenters. The van der Waals surface area contributed by atoms with Crippen LogP contribution >= 0.6 is 11.6 Å². The molecule has 2 aromatic rings. The van der Waals surface area contributed by atoms with Crippen LogP contribution in [0, 0.1) is 0 Å². The predicted molar refractivity (Wildman–Crippen MR) is 61.2 cm³/mol. The lowest BCUT2D eigenvalue weighted by atomic mass is 9.75. The second-order valence-electron chi connectivity index (χ2n) is 3.10. The maximum absolute atomic E-state index is 6.05. The Balaban J connectivity index is 2.44. The van der Waals surface area contributed by atoms with Crippen LogP contribution in [0.1, 0.15) is 0 Å². The highest BCUT2D eigenvalue weighted by atomic mass is 35.5. The number of aromatic nitrogens is 2. The number of hydrogen-bond donors (Lipinski definition) is 0. The second kappa shape index (κ2) is 3.88. The molecular weight excluding hydrogens is 194 g/mol. The molecule has 0 aliphatic carbocycles. The van der Waals surface area contributed by atoms with E-state index in [-0.39, 0.29) is 0 Å². The smallest absolute Gasteiger partial charge is 0.158 e. The van der Waals surface area contributed by atoms with Crippen molar-refractivity contribution in [3.63, 3.8) is 0 Å². The number of nitrogens with zero attached hydrogens (tertiary/aromatic N) is 2. The molecule has 0 aliphatic heterocycles. The van der Waals surface area contributed by atoms with E-state index >= 15 is 0 Å². The molecule has 0 N–H and O–H groups in total. The summed E-state index contributed by atoms with van der Waals surface area (Å²) >= 11 is 6.05. The normalized spacial score (nSPS) is 10.1. The van der Waals surface area contributed by atoms with Crippen LogP contribution < -0.4 is 5.46 Å². The third-order valence-electron chi connectivity index (χ3n) is 2.14. The number of hydrogen-bond acceptors (Lipinski definition) is 1. The van der Waals surface area contributed by atoms with Gasteiger partial charge in [0.05, 0.1) is 10.7 Å². The van der Waals surface area contributed by atoms with Gasteiger partial charge in [0.15, 0.2) is 7.28 Å². The van der Waals surface area contributed by atoms with Gasteiger partial charge in [-0.1, -0.05) is 30.6 Å². The Kier molecular flexibility index (Phi) is 2.59. The zero-order valence-electron chi connectivity index (χ0n) is 7.94. The quantitative estimate of drug-likeness (QED) is 0.680. The van der Waals surface area contributed by atoms with Gasteiger partial charge in [0.1, 0.15) is 0 Å². The van der Waals surface area contributed by atoms with E-state index in [0.29, 0.717) is 0 Å². The zero-order chi connectivity index (χ0) is 9.97. The summed E-state index contributed by atoms with van der Waals surface area (Å²) in [6.45, 7) is 2.11. The van der Waals surface area contributed by atoms with Gasteiger partial charge in [0.25, 0.3) is 0 Å². The highest BCUT2D eigenvalue weighted by Gasteiger charge is 2.02. The van der Waals surface area contributed by atoms with Crippen molar-refractivity contribution in [3.8, 4) is 5.69 Å². The van der Waals surface area contributed by atoms with Gasteiger partial charge >= 0.3 is 0 Å². The largest absolute Gasteiger partial charge is 0.240 e. The summed E-state index contributed by atoms with van der Waals surface area (Å²) in [4.78, 5) is 0. The fraction of sp³-hybridized carbons (Fsp3) is 0.100. The molecule has 0 aliphatic rings. The van der Waals surface area contributed by atoms with E-state index in [0.717, 1.165) is 18.0 Å². The molecule has 14 heavy (non-hydrogen) atoms. The van der Waals surface area contributed by atoms with Gasteiger partial charge in [-0.05, 0) is 17.6 Å². The van der Waals surface area contributed by atoms with Crippen molar-refractivity contribution in [2.45, 2.75) is 6.82 Å². The first-order valence-electron chi connectivity index (χ1n) is 4.59. The lowest BCUT2D eigenvalue weighted by molar-refractivity contribution is 0.881. The number of halogens is 1. The van der Waals surface area contributed by atoms with Crippen molar-refractivity contribution < 1.29 is 0 Å². The van der Waals surface area contributed by atoms with Gasteiger partial charge in [0.2, 0.25) is 0 Å². The Labute approximate surface area is 88.8 Å². The van der Waals surface area contributed by atoms with Crippen LogP contribution in [-0.2, 0) is 0 Å². The van der Waals surface area contributed by atoms with E-state index in [1.807, 2.05) is 36.7 Å². The SMILES string of the molecule is CBc1cnn(-c2ccccc2Cl)c1. The van der Waals surface area contributed by atoms with Crippen LogP contribution in [0.15, 0.2) is 36.7 Å². The minimum atomic E-state index is 0.721. The molecule has 2 rings (SSSR count). The minimum Gasteiger partial charge on any atom is -0.240 e. The number of benzene rings is 1. The molecule has 0 spiro atoms. The summed E-state index contributed by atoms with van der Waals surface area (Å²) in [6.07, 6.45) is 3.87. The van der Waals surface area contributed by atoms with Crippen molar-refractivity contribution in [2.24, 2.45) is 0 Å². The van der Waals surface area contributed by atoms with Crippen LogP contribution in [0.3, 0.4) is 0 Å². The standard InChI is InChI=1S/C10H10BClN2/c1-11-8-6-13-14(7-8)10-5-3-2-4-9(10)12/h2-7,11H,1H3. The van der Waals surface area contributed by atoms with Crippen molar-refractivity contribution in [1.82, 2.24) is 9.78 Å².